The predicted octanol–water partition coefficient (Wildman–Crippen LogP) is 3.31. The highest BCUT2D eigenvalue weighted by Gasteiger charge is 2.56. The zero-order valence-corrected chi connectivity index (χ0v) is 14.5. The molecular weight excluding hydrogens is 321 g/mol. The normalized spacial score (nSPS) is 33.8. The SMILES string of the molecule is COC(=O)[C@H](NC(=O)c1ccc(F)cc1)C12CC3CC(CC(C3)C1)C2. The van der Waals surface area contributed by atoms with Crippen molar-refractivity contribution in [1.29, 1.82) is 0 Å². The molecule has 5 rings (SSSR count). The van der Waals surface area contributed by atoms with Crippen LogP contribution in [0.15, 0.2) is 24.3 Å². The third-order valence-corrected chi connectivity index (χ3v) is 6.52. The Morgan fingerprint density at radius 3 is 2.08 bits per heavy atom. The van der Waals surface area contributed by atoms with Crippen molar-refractivity contribution in [3.8, 4) is 0 Å². The first-order valence-electron chi connectivity index (χ1n) is 9.13. The van der Waals surface area contributed by atoms with Crippen molar-refractivity contribution in [2.45, 2.75) is 44.6 Å². The number of benzene rings is 1. The van der Waals surface area contributed by atoms with E-state index in [1.165, 1.54) is 50.6 Å². The second kappa shape index (κ2) is 6.11. The van der Waals surface area contributed by atoms with Gasteiger partial charge in [0.05, 0.1) is 7.11 Å². The van der Waals surface area contributed by atoms with Gasteiger partial charge in [0, 0.05) is 11.0 Å². The summed E-state index contributed by atoms with van der Waals surface area (Å²) in [5.41, 5.74) is 0.178. The number of hydrogen-bond acceptors (Lipinski definition) is 3. The van der Waals surface area contributed by atoms with Crippen LogP contribution in [-0.4, -0.2) is 25.0 Å². The average molecular weight is 345 g/mol. The van der Waals surface area contributed by atoms with Crippen molar-refractivity contribution in [3.63, 3.8) is 0 Å². The zero-order chi connectivity index (χ0) is 17.6. The molecule has 4 aliphatic rings. The maximum Gasteiger partial charge on any atom is 0.328 e. The Morgan fingerprint density at radius 1 is 1.08 bits per heavy atom. The first-order valence-corrected chi connectivity index (χ1v) is 9.13. The number of ether oxygens (including phenoxy) is 1. The fraction of sp³-hybridized carbons (Fsp3) is 0.600. The molecule has 0 aromatic heterocycles. The predicted molar refractivity (Wildman–Crippen MR) is 90.3 cm³/mol. The molecule has 134 valence electrons. The van der Waals surface area contributed by atoms with E-state index < -0.39 is 6.04 Å². The van der Waals surface area contributed by atoms with Gasteiger partial charge in [-0.3, -0.25) is 4.79 Å². The smallest absolute Gasteiger partial charge is 0.328 e. The lowest BCUT2D eigenvalue weighted by Gasteiger charge is -2.58. The van der Waals surface area contributed by atoms with Crippen LogP contribution in [0.2, 0.25) is 0 Å². The van der Waals surface area contributed by atoms with E-state index in [-0.39, 0.29) is 23.1 Å². The Kier molecular flexibility index (Phi) is 4.05. The molecule has 0 heterocycles. The molecule has 1 atom stereocenters. The van der Waals surface area contributed by atoms with Gasteiger partial charge in [0.25, 0.3) is 5.91 Å². The summed E-state index contributed by atoms with van der Waals surface area (Å²) in [4.78, 5) is 25.2. The monoisotopic (exact) mass is 345 g/mol. The van der Waals surface area contributed by atoms with E-state index in [0.29, 0.717) is 23.3 Å². The van der Waals surface area contributed by atoms with E-state index in [9.17, 15) is 14.0 Å². The minimum Gasteiger partial charge on any atom is -0.467 e. The third kappa shape index (κ3) is 2.94. The van der Waals surface area contributed by atoms with Crippen LogP contribution >= 0.6 is 0 Å². The van der Waals surface area contributed by atoms with Crippen LogP contribution in [0.3, 0.4) is 0 Å². The van der Waals surface area contributed by atoms with Gasteiger partial charge in [-0.1, -0.05) is 0 Å². The molecule has 0 aliphatic heterocycles. The van der Waals surface area contributed by atoms with Gasteiger partial charge in [0.15, 0.2) is 0 Å². The van der Waals surface area contributed by atoms with E-state index in [0.717, 1.165) is 19.3 Å². The van der Waals surface area contributed by atoms with Crippen LogP contribution in [-0.2, 0) is 9.53 Å². The van der Waals surface area contributed by atoms with Crippen LogP contribution < -0.4 is 5.32 Å². The minimum absolute atomic E-state index is 0.183. The number of esters is 1. The number of nitrogens with one attached hydrogen (secondary N) is 1. The van der Waals surface area contributed by atoms with Crippen molar-refractivity contribution in [1.82, 2.24) is 5.32 Å². The lowest BCUT2D eigenvalue weighted by Crippen LogP contribution is -2.60. The molecule has 4 nitrogen and oxygen atoms in total. The Morgan fingerprint density at radius 2 is 1.60 bits per heavy atom. The molecule has 4 bridgehead atoms. The fourth-order valence-corrected chi connectivity index (χ4v) is 5.93. The summed E-state index contributed by atoms with van der Waals surface area (Å²) >= 11 is 0. The van der Waals surface area contributed by atoms with Gasteiger partial charge < -0.3 is 10.1 Å². The molecule has 4 saturated carbocycles. The highest BCUT2D eigenvalue weighted by Crippen LogP contribution is 2.61. The Balaban J connectivity index is 1.59. The summed E-state index contributed by atoms with van der Waals surface area (Å²) in [6, 6.07) is 4.78. The molecule has 1 aromatic rings. The maximum atomic E-state index is 13.1. The molecule has 0 spiro atoms. The Hall–Kier alpha value is -1.91. The summed E-state index contributed by atoms with van der Waals surface area (Å²) < 4.78 is 18.1. The molecule has 1 aromatic carbocycles. The van der Waals surface area contributed by atoms with E-state index >= 15 is 0 Å². The van der Waals surface area contributed by atoms with Crippen molar-refractivity contribution >= 4 is 11.9 Å². The van der Waals surface area contributed by atoms with Gasteiger partial charge >= 0.3 is 5.97 Å². The Bertz CT molecular complexity index is 649. The van der Waals surface area contributed by atoms with Crippen LogP contribution in [0.4, 0.5) is 4.39 Å². The van der Waals surface area contributed by atoms with Crippen molar-refractivity contribution < 1.29 is 18.7 Å². The molecule has 1 amide bonds. The molecule has 4 fully saturated rings. The number of amides is 1. The first kappa shape index (κ1) is 16.6. The molecule has 0 unspecified atom stereocenters. The minimum atomic E-state index is -0.622. The van der Waals surface area contributed by atoms with E-state index in [4.69, 9.17) is 4.74 Å². The molecule has 25 heavy (non-hydrogen) atoms. The second-order valence-corrected chi connectivity index (χ2v) is 8.22. The molecule has 0 saturated heterocycles. The van der Waals surface area contributed by atoms with Gasteiger partial charge in [0.1, 0.15) is 11.9 Å². The number of halogens is 1. The van der Waals surface area contributed by atoms with Crippen LogP contribution in [0.5, 0.6) is 0 Å². The zero-order valence-electron chi connectivity index (χ0n) is 14.5. The van der Waals surface area contributed by atoms with E-state index in [1.54, 1.807) is 0 Å². The van der Waals surface area contributed by atoms with Crippen molar-refractivity contribution in [2.75, 3.05) is 7.11 Å². The molecule has 1 N–H and O–H groups in total. The molecule has 0 radical (unpaired) electrons. The quantitative estimate of drug-likeness (QED) is 0.852. The molecule has 5 heteroatoms. The average Bonchev–Trinajstić information content (AvgIpc) is 2.58. The van der Waals surface area contributed by atoms with E-state index in [2.05, 4.69) is 5.32 Å². The number of carbonyl (C=O) groups is 2. The van der Waals surface area contributed by atoms with Gasteiger partial charge in [-0.2, -0.15) is 0 Å². The first-order chi connectivity index (χ1) is 12.0. The number of hydrogen-bond donors (Lipinski definition) is 1. The second-order valence-electron chi connectivity index (χ2n) is 8.22. The third-order valence-electron chi connectivity index (χ3n) is 6.52. The summed E-state index contributed by atoms with van der Waals surface area (Å²) in [7, 11) is 1.37. The largest absolute Gasteiger partial charge is 0.467 e. The van der Waals surface area contributed by atoms with Crippen LogP contribution in [0, 0.1) is 29.0 Å². The van der Waals surface area contributed by atoms with Crippen LogP contribution in [0.25, 0.3) is 0 Å². The van der Waals surface area contributed by atoms with Gasteiger partial charge in [-0.25, -0.2) is 9.18 Å². The lowest BCUT2D eigenvalue weighted by atomic mass is 9.47. The van der Waals surface area contributed by atoms with Gasteiger partial charge in [-0.15, -0.1) is 0 Å². The van der Waals surface area contributed by atoms with Crippen molar-refractivity contribution in [2.24, 2.45) is 23.2 Å². The number of methoxy groups -OCH3 is 1. The standard InChI is InChI=1S/C20H24FNO3/c1-25-19(24)17(22-18(23)15-2-4-16(21)5-3-15)20-9-12-6-13(10-20)8-14(7-12)11-20/h2-5,12-14,17H,6-11H2,1H3,(H,22,23)/t12?,13?,14?,17-,20?/m0/s1. The summed E-state index contributed by atoms with van der Waals surface area (Å²) in [5.74, 6) is 0.911. The fourth-order valence-electron chi connectivity index (χ4n) is 5.93. The lowest BCUT2D eigenvalue weighted by molar-refractivity contribution is -0.154. The van der Waals surface area contributed by atoms with Crippen molar-refractivity contribution in [3.05, 3.63) is 35.6 Å². The summed E-state index contributed by atoms with van der Waals surface area (Å²) in [5, 5.41) is 2.92. The highest BCUT2D eigenvalue weighted by molar-refractivity contribution is 5.97. The number of rotatable bonds is 4. The Labute approximate surface area is 147 Å². The topological polar surface area (TPSA) is 55.4 Å². The molecular formula is C20H24FNO3. The number of carbonyl (C=O) groups excluding carboxylic acids is 2. The van der Waals surface area contributed by atoms with Gasteiger partial charge in [0.2, 0.25) is 0 Å². The highest BCUT2D eigenvalue weighted by atomic mass is 19.1. The summed E-state index contributed by atoms with van der Waals surface area (Å²) in [6.45, 7) is 0. The molecule has 4 aliphatic carbocycles. The van der Waals surface area contributed by atoms with E-state index in [1.807, 2.05) is 0 Å². The van der Waals surface area contributed by atoms with Gasteiger partial charge in [-0.05, 0) is 80.5 Å². The van der Waals surface area contributed by atoms with Crippen LogP contribution in [0.1, 0.15) is 48.9 Å². The summed E-state index contributed by atoms with van der Waals surface area (Å²) in [6.07, 6.45) is 6.75. The maximum absolute atomic E-state index is 13.1.